The Bertz CT molecular complexity index is 352. The van der Waals surface area contributed by atoms with Gasteiger partial charge in [0.25, 0.3) is 0 Å². The van der Waals surface area contributed by atoms with Gasteiger partial charge in [0, 0.05) is 31.3 Å². The number of aromatic nitrogens is 1. The third kappa shape index (κ3) is 1.61. The first-order valence-electron chi connectivity index (χ1n) is 3.85. The Morgan fingerprint density at radius 1 is 1.50 bits per heavy atom. The zero-order valence-electron chi connectivity index (χ0n) is 7.20. The van der Waals surface area contributed by atoms with Gasteiger partial charge in [-0.1, -0.05) is 6.92 Å². The summed E-state index contributed by atoms with van der Waals surface area (Å²) in [5.74, 6) is 0.0607. The summed E-state index contributed by atoms with van der Waals surface area (Å²) in [4.78, 5) is 22.1. The Morgan fingerprint density at radius 2 is 2.17 bits per heavy atom. The van der Waals surface area contributed by atoms with Crippen molar-refractivity contribution in [1.29, 1.82) is 0 Å². The van der Waals surface area contributed by atoms with Gasteiger partial charge in [-0.15, -0.1) is 0 Å². The van der Waals surface area contributed by atoms with Crippen molar-refractivity contribution in [2.24, 2.45) is 7.05 Å². The molecule has 0 aromatic carbocycles. The van der Waals surface area contributed by atoms with E-state index >= 15 is 0 Å². The minimum Gasteiger partial charge on any atom is -0.318 e. The Labute approximate surface area is 70.6 Å². The van der Waals surface area contributed by atoms with E-state index in [1.165, 1.54) is 10.6 Å². The topological polar surface area (TPSA) is 39.1 Å². The number of Topliss-reactive ketones (excluding diaryl/α,β-unsaturated/α-hetero) is 1. The van der Waals surface area contributed by atoms with E-state index < -0.39 is 0 Å². The minimum atomic E-state index is -0.0948. The first kappa shape index (κ1) is 8.71. The lowest BCUT2D eigenvalue weighted by atomic mass is 10.1. The van der Waals surface area contributed by atoms with Crippen molar-refractivity contribution in [2.45, 2.75) is 13.3 Å². The standard InChI is InChI=1S/C9H11NO2/c1-3-8(11)7-4-5-9(12)10(2)6-7/h4-6H,3H2,1-2H3. The largest absolute Gasteiger partial charge is 0.318 e. The van der Waals surface area contributed by atoms with Crippen molar-refractivity contribution in [1.82, 2.24) is 4.57 Å². The van der Waals surface area contributed by atoms with Crippen molar-refractivity contribution in [3.63, 3.8) is 0 Å². The van der Waals surface area contributed by atoms with Crippen molar-refractivity contribution in [2.75, 3.05) is 0 Å². The fourth-order valence-electron chi connectivity index (χ4n) is 0.963. The molecule has 1 rings (SSSR count). The molecule has 0 aliphatic rings. The first-order valence-corrected chi connectivity index (χ1v) is 3.85. The monoisotopic (exact) mass is 165 g/mol. The maximum Gasteiger partial charge on any atom is 0.250 e. The SMILES string of the molecule is CCC(=O)c1ccc(=O)n(C)c1. The first-order chi connectivity index (χ1) is 5.65. The molecule has 0 atom stereocenters. The molecule has 0 aliphatic carbocycles. The lowest BCUT2D eigenvalue weighted by Gasteiger charge is -1.99. The lowest BCUT2D eigenvalue weighted by molar-refractivity contribution is 0.0987. The molecule has 0 unspecified atom stereocenters. The second kappa shape index (κ2) is 3.34. The average Bonchev–Trinajstić information content (AvgIpc) is 2.08. The highest BCUT2D eigenvalue weighted by molar-refractivity contribution is 5.95. The summed E-state index contributed by atoms with van der Waals surface area (Å²) in [7, 11) is 1.63. The number of aryl methyl sites for hydroxylation is 1. The van der Waals surface area contributed by atoms with Crippen LogP contribution in [-0.2, 0) is 7.05 Å². The van der Waals surface area contributed by atoms with Crippen LogP contribution in [0.5, 0.6) is 0 Å². The third-order valence-corrected chi connectivity index (χ3v) is 1.73. The molecule has 1 aromatic heterocycles. The van der Waals surface area contributed by atoms with Crippen LogP contribution in [0.3, 0.4) is 0 Å². The van der Waals surface area contributed by atoms with Crippen LogP contribution >= 0.6 is 0 Å². The van der Waals surface area contributed by atoms with E-state index in [4.69, 9.17) is 0 Å². The van der Waals surface area contributed by atoms with E-state index in [9.17, 15) is 9.59 Å². The molecule has 0 saturated carbocycles. The van der Waals surface area contributed by atoms with Crippen LogP contribution in [0.4, 0.5) is 0 Å². The van der Waals surface area contributed by atoms with Gasteiger partial charge < -0.3 is 4.57 Å². The van der Waals surface area contributed by atoms with Gasteiger partial charge in [-0.25, -0.2) is 0 Å². The summed E-state index contributed by atoms with van der Waals surface area (Å²) in [6.07, 6.45) is 2.03. The van der Waals surface area contributed by atoms with Crippen LogP contribution in [0, 0.1) is 0 Å². The Hall–Kier alpha value is -1.38. The number of nitrogens with zero attached hydrogens (tertiary/aromatic N) is 1. The number of carbonyl (C=O) groups is 1. The van der Waals surface area contributed by atoms with Gasteiger partial charge in [-0.3, -0.25) is 9.59 Å². The highest BCUT2D eigenvalue weighted by Crippen LogP contribution is 1.99. The molecule has 0 bridgehead atoms. The predicted molar refractivity (Wildman–Crippen MR) is 46.3 cm³/mol. The van der Waals surface area contributed by atoms with Crippen LogP contribution in [0.15, 0.2) is 23.1 Å². The van der Waals surface area contributed by atoms with E-state index in [-0.39, 0.29) is 11.3 Å². The van der Waals surface area contributed by atoms with Crippen LogP contribution in [0.1, 0.15) is 23.7 Å². The van der Waals surface area contributed by atoms with Gasteiger partial charge in [-0.2, -0.15) is 0 Å². The van der Waals surface area contributed by atoms with Crippen molar-refractivity contribution >= 4 is 5.78 Å². The highest BCUT2D eigenvalue weighted by Gasteiger charge is 2.02. The van der Waals surface area contributed by atoms with Gasteiger partial charge >= 0.3 is 0 Å². The van der Waals surface area contributed by atoms with Crippen LogP contribution in [-0.4, -0.2) is 10.4 Å². The predicted octanol–water partition coefficient (Wildman–Crippen LogP) is 0.978. The van der Waals surface area contributed by atoms with E-state index in [1.54, 1.807) is 26.2 Å². The Morgan fingerprint density at radius 3 is 2.67 bits per heavy atom. The summed E-state index contributed by atoms with van der Waals surface area (Å²) in [6.45, 7) is 1.80. The van der Waals surface area contributed by atoms with Crippen LogP contribution in [0.25, 0.3) is 0 Å². The second-order valence-corrected chi connectivity index (χ2v) is 2.64. The van der Waals surface area contributed by atoms with Crippen LogP contribution in [0.2, 0.25) is 0 Å². The summed E-state index contributed by atoms with van der Waals surface area (Å²) in [5, 5.41) is 0. The molecular weight excluding hydrogens is 154 g/mol. The number of rotatable bonds is 2. The van der Waals surface area contributed by atoms with Gasteiger partial charge in [0.1, 0.15) is 0 Å². The highest BCUT2D eigenvalue weighted by atomic mass is 16.1. The third-order valence-electron chi connectivity index (χ3n) is 1.73. The zero-order chi connectivity index (χ0) is 9.14. The number of ketones is 1. The summed E-state index contributed by atoms with van der Waals surface area (Å²) in [6, 6.07) is 2.97. The molecule has 64 valence electrons. The van der Waals surface area contributed by atoms with Gasteiger partial charge in [0.15, 0.2) is 5.78 Å². The summed E-state index contributed by atoms with van der Waals surface area (Å²) < 4.78 is 1.41. The fraction of sp³-hybridized carbons (Fsp3) is 0.333. The Kier molecular flexibility index (Phi) is 2.43. The van der Waals surface area contributed by atoms with Crippen molar-refractivity contribution < 1.29 is 4.79 Å². The molecule has 3 nitrogen and oxygen atoms in total. The molecule has 3 heteroatoms. The maximum absolute atomic E-state index is 11.2. The molecule has 0 radical (unpaired) electrons. The normalized spacial score (nSPS) is 9.83. The molecule has 12 heavy (non-hydrogen) atoms. The molecule has 0 aliphatic heterocycles. The fourth-order valence-corrected chi connectivity index (χ4v) is 0.963. The minimum absolute atomic E-state index is 0.0607. The lowest BCUT2D eigenvalue weighted by Crippen LogP contribution is -2.16. The number of hydrogen-bond donors (Lipinski definition) is 0. The van der Waals surface area contributed by atoms with Crippen molar-refractivity contribution in [3.8, 4) is 0 Å². The molecule has 0 N–H and O–H groups in total. The molecule has 1 aromatic rings. The second-order valence-electron chi connectivity index (χ2n) is 2.64. The number of hydrogen-bond acceptors (Lipinski definition) is 2. The zero-order valence-corrected chi connectivity index (χ0v) is 7.20. The molecule has 0 amide bonds. The van der Waals surface area contributed by atoms with Gasteiger partial charge in [-0.05, 0) is 6.07 Å². The van der Waals surface area contributed by atoms with Gasteiger partial charge in [0.05, 0.1) is 0 Å². The van der Waals surface area contributed by atoms with Gasteiger partial charge in [0.2, 0.25) is 5.56 Å². The van der Waals surface area contributed by atoms with E-state index in [1.807, 2.05) is 0 Å². The average molecular weight is 165 g/mol. The Balaban J connectivity index is 3.13. The van der Waals surface area contributed by atoms with E-state index in [0.717, 1.165) is 0 Å². The summed E-state index contributed by atoms with van der Waals surface area (Å²) >= 11 is 0. The number of carbonyl (C=O) groups excluding carboxylic acids is 1. The smallest absolute Gasteiger partial charge is 0.250 e. The molecule has 0 fully saturated rings. The number of pyridine rings is 1. The van der Waals surface area contributed by atoms with Crippen LogP contribution < -0.4 is 5.56 Å². The quantitative estimate of drug-likeness (QED) is 0.613. The summed E-state index contributed by atoms with van der Waals surface area (Å²) in [5.41, 5.74) is 0.502. The molecule has 1 heterocycles. The maximum atomic E-state index is 11.2. The molecular formula is C9H11NO2. The molecule has 0 saturated heterocycles. The van der Waals surface area contributed by atoms with E-state index in [2.05, 4.69) is 0 Å². The van der Waals surface area contributed by atoms with E-state index in [0.29, 0.717) is 12.0 Å². The molecule has 0 spiro atoms. The van der Waals surface area contributed by atoms with Crippen molar-refractivity contribution in [3.05, 3.63) is 34.2 Å².